The highest BCUT2D eigenvalue weighted by atomic mass is 16.4. The maximum atomic E-state index is 11.1. The molecule has 0 aliphatic heterocycles. The average Bonchev–Trinajstić information content (AvgIpc) is 2.69. The van der Waals surface area contributed by atoms with Crippen molar-refractivity contribution in [1.29, 1.82) is 0 Å². The molecule has 1 atom stereocenters. The maximum Gasteiger partial charge on any atom is 0.332 e. The average molecular weight is 230 g/mol. The summed E-state index contributed by atoms with van der Waals surface area (Å²) in [7, 11) is 0. The molecule has 0 aromatic heterocycles. The number of rotatable bonds is 3. The van der Waals surface area contributed by atoms with Gasteiger partial charge in [-0.1, -0.05) is 36.4 Å². The van der Waals surface area contributed by atoms with E-state index in [0.717, 1.165) is 17.2 Å². The van der Waals surface area contributed by atoms with Crippen molar-refractivity contribution < 1.29 is 19.8 Å². The van der Waals surface area contributed by atoms with Crippen molar-refractivity contribution in [3.63, 3.8) is 0 Å². The summed E-state index contributed by atoms with van der Waals surface area (Å²) in [4.78, 5) is 21.7. The van der Waals surface area contributed by atoms with Crippen LogP contribution in [0.5, 0.6) is 0 Å². The van der Waals surface area contributed by atoms with Crippen LogP contribution in [0, 0.1) is 0 Å². The largest absolute Gasteiger partial charge is 0.478 e. The molecule has 1 unspecified atom stereocenters. The van der Waals surface area contributed by atoms with Crippen LogP contribution in [0.15, 0.2) is 42.0 Å². The molecule has 0 amide bonds. The molecule has 17 heavy (non-hydrogen) atoms. The molecule has 1 aliphatic carbocycles. The SMILES string of the molecule is O=C(O)/C=C(\C(=O)O)C1C=Cc2ccccc21. The molecular formula is C13H10O4. The first kappa shape index (κ1) is 11.1. The number of benzene rings is 1. The Hall–Kier alpha value is -2.36. The molecule has 2 rings (SSSR count). The van der Waals surface area contributed by atoms with Gasteiger partial charge in [0.05, 0.1) is 5.57 Å². The third kappa shape index (κ3) is 2.10. The molecule has 4 nitrogen and oxygen atoms in total. The van der Waals surface area contributed by atoms with Crippen LogP contribution in [0.2, 0.25) is 0 Å². The van der Waals surface area contributed by atoms with E-state index in [1.54, 1.807) is 24.3 Å². The molecule has 4 heteroatoms. The highest BCUT2D eigenvalue weighted by molar-refractivity contribution is 5.97. The Morgan fingerprint density at radius 1 is 1.18 bits per heavy atom. The highest BCUT2D eigenvalue weighted by Gasteiger charge is 2.25. The second kappa shape index (κ2) is 4.25. The van der Waals surface area contributed by atoms with Crippen molar-refractivity contribution in [3.05, 3.63) is 53.1 Å². The van der Waals surface area contributed by atoms with Gasteiger partial charge in [-0.3, -0.25) is 0 Å². The number of hydrogen-bond donors (Lipinski definition) is 2. The first-order chi connectivity index (χ1) is 8.09. The first-order valence-electron chi connectivity index (χ1n) is 5.04. The first-order valence-corrected chi connectivity index (χ1v) is 5.04. The van der Waals surface area contributed by atoms with E-state index in [9.17, 15) is 9.59 Å². The topological polar surface area (TPSA) is 74.6 Å². The molecule has 0 saturated heterocycles. The molecule has 0 bridgehead atoms. The fourth-order valence-corrected chi connectivity index (χ4v) is 1.94. The van der Waals surface area contributed by atoms with Gasteiger partial charge in [0.1, 0.15) is 0 Å². The summed E-state index contributed by atoms with van der Waals surface area (Å²) < 4.78 is 0. The summed E-state index contributed by atoms with van der Waals surface area (Å²) in [6.45, 7) is 0. The fourth-order valence-electron chi connectivity index (χ4n) is 1.94. The zero-order chi connectivity index (χ0) is 12.4. The number of fused-ring (bicyclic) bond motifs is 1. The monoisotopic (exact) mass is 230 g/mol. The summed E-state index contributed by atoms with van der Waals surface area (Å²) in [5, 5.41) is 17.7. The molecule has 0 radical (unpaired) electrons. The van der Waals surface area contributed by atoms with Crippen molar-refractivity contribution >= 4 is 18.0 Å². The number of carboxylic acid groups (broad SMARTS) is 2. The van der Waals surface area contributed by atoms with Gasteiger partial charge in [0, 0.05) is 12.0 Å². The van der Waals surface area contributed by atoms with Crippen molar-refractivity contribution in [2.45, 2.75) is 5.92 Å². The highest BCUT2D eigenvalue weighted by Crippen LogP contribution is 2.35. The zero-order valence-electron chi connectivity index (χ0n) is 8.83. The van der Waals surface area contributed by atoms with Gasteiger partial charge in [-0.15, -0.1) is 0 Å². The Kier molecular flexibility index (Phi) is 2.78. The maximum absolute atomic E-state index is 11.1. The third-order valence-electron chi connectivity index (χ3n) is 2.66. The van der Waals surface area contributed by atoms with Gasteiger partial charge in [-0.05, 0) is 11.1 Å². The lowest BCUT2D eigenvalue weighted by molar-refractivity contribution is -0.135. The smallest absolute Gasteiger partial charge is 0.332 e. The molecule has 86 valence electrons. The van der Waals surface area contributed by atoms with Crippen molar-refractivity contribution in [1.82, 2.24) is 0 Å². The van der Waals surface area contributed by atoms with Crippen LogP contribution >= 0.6 is 0 Å². The number of aliphatic carboxylic acids is 2. The summed E-state index contributed by atoms with van der Waals surface area (Å²) in [6.07, 6.45) is 4.26. The Morgan fingerprint density at radius 2 is 1.88 bits per heavy atom. The van der Waals surface area contributed by atoms with E-state index in [4.69, 9.17) is 10.2 Å². The van der Waals surface area contributed by atoms with E-state index < -0.39 is 17.9 Å². The molecular weight excluding hydrogens is 220 g/mol. The third-order valence-corrected chi connectivity index (χ3v) is 2.66. The second-order valence-electron chi connectivity index (χ2n) is 3.71. The molecule has 2 N–H and O–H groups in total. The summed E-state index contributed by atoms with van der Waals surface area (Å²) in [5.41, 5.74) is 1.62. The van der Waals surface area contributed by atoms with Gasteiger partial charge >= 0.3 is 11.9 Å². The van der Waals surface area contributed by atoms with Gasteiger partial charge < -0.3 is 10.2 Å². The normalized spacial score (nSPS) is 17.9. The van der Waals surface area contributed by atoms with Crippen molar-refractivity contribution in [2.75, 3.05) is 0 Å². The van der Waals surface area contributed by atoms with E-state index in [0.29, 0.717) is 0 Å². The van der Waals surface area contributed by atoms with E-state index in [1.165, 1.54) is 0 Å². The second-order valence-corrected chi connectivity index (χ2v) is 3.71. The van der Waals surface area contributed by atoms with Crippen LogP contribution in [0.25, 0.3) is 6.08 Å². The molecule has 1 aromatic rings. The summed E-state index contributed by atoms with van der Waals surface area (Å²) in [5.74, 6) is -2.95. The Morgan fingerprint density at radius 3 is 2.53 bits per heavy atom. The number of carboxylic acids is 2. The predicted molar refractivity (Wildman–Crippen MR) is 61.6 cm³/mol. The molecule has 0 spiro atoms. The lowest BCUT2D eigenvalue weighted by Gasteiger charge is -2.11. The van der Waals surface area contributed by atoms with Crippen molar-refractivity contribution in [2.24, 2.45) is 0 Å². The quantitative estimate of drug-likeness (QED) is 0.777. The molecule has 1 aliphatic rings. The van der Waals surface area contributed by atoms with Crippen LogP contribution in [-0.2, 0) is 9.59 Å². The van der Waals surface area contributed by atoms with Crippen LogP contribution in [-0.4, -0.2) is 22.2 Å². The lowest BCUT2D eigenvalue weighted by atomic mass is 9.92. The van der Waals surface area contributed by atoms with E-state index in [1.807, 2.05) is 12.1 Å². The lowest BCUT2D eigenvalue weighted by Crippen LogP contribution is -2.10. The fraction of sp³-hybridized carbons (Fsp3) is 0.0769. The van der Waals surface area contributed by atoms with Gasteiger partial charge in [-0.2, -0.15) is 0 Å². The van der Waals surface area contributed by atoms with Crippen LogP contribution < -0.4 is 0 Å². The number of carbonyl (C=O) groups is 2. The van der Waals surface area contributed by atoms with Crippen LogP contribution in [0.3, 0.4) is 0 Å². The number of hydrogen-bond acceptors (Lipinski definition) is 2. The van der Waals surface area contributed by atoms with Gasteiger partial charge in [0.25, 0.3) is 0 Å². The zero-order valence-corrected chi connectivity index (χ0v) is 8.83. The van der Waals surface area contributed by atoms with E-state index in [2.05, 4.69) is 0 Å². The Balaban J connectivity index is 2.45. The van der Waals surface area contributed by atoms with Gasteiger partial charge in [-0.25, -0.2) is 9.59 Å². The molecule has 0 saturated carbocycles. The molecule has 0 heterocycles. The Labute approximate surface area is 97.5 Å². The summed E-state index contributed by atoms with van der Waals surface area (Å²) >= 11 is 0. The minimum atomic E-state index is -1.25. The van der Waals surface area contributed by atoms with Crippen molar-refractivity contribution in [3.8, 4) is 0 Å². The van der Waals surface area contributed by atoms with Crippen LogP contribution in [0.4, 0.5) is 0 Å². The van der Waals surface area contributed by atoms with E-state index >= 15 is 0 Å². The van der Waals surface area contributed by atoms with Gasteiger partial charge in [0.2, 0.25) is 0 Å². The standard InChI is InChI=1S/C13H10O4/c14-12(15)7-11(13(16)17)10-6-5-8-3-1-2-4-9(8)10/h1-7,10H,(H,14,15)(H,16,17)/b11-7-. The van der Waals surface area contributed by atoms with Crippen LogP contribution in [0.1, 0.15) is 17.0 Å². The van der Waals surface area contributed by atoms with Gasteiger partial charge in [0.15, 0.2) is 0 Å². The molecule has 1 aromatic carbocycles. The summed E-state index contributed by atoms with van der Waals surface area (Å²) in [6, 6.07) is 7.33. The molecule has 0 fully saturated rings. The Bertz CT molecular complexity index is 540. The minimum Gasteiger partial charge on any atom is -0.478 e. The predicted octanol–water partition coefficient (Wildman–Crippen LogP) is 1.89. The number of allylic oxidation sites excluding steroid dienone is 1. The van der Waals surface area contributed by atoms with E-state index in [-0.39, 0.29) is 5.57 Å². The minimum absolute atomic E-state index is 0.126.